The molecule has 9 nitrogen and oxygen atoms in total. The van der Waals surface area contributed by atoms with E-state index in [1.165, 1.54) is 30.5 Å². The number of hydrogen-bond donors (Lipinski definition) is 3. The molecule has 2 aromatic carbocycles. The van der Waals surface area contributed by atoms with Crippen molar-refractivity contribution in [2.24, 2.45) is 0 Å². The molecule has 0 atom stereocenters. The highest BCUT2D eigenvalue weighted by Crippen LogP contribution is 2.36. The van der Waals surface area contributed by atoms with Crippen molar-refractivity contribution in [2.75, 3.05) is 57.1 Å². The van der Waals surface area contributed by atoms with Gasteiger partial charge in [-0.25, -0.2) is 14.2 Å². The molecule has 3 heterocycles. The third kappa shape index (κ3) is 7.54. The number of rotatable bonds is 9. The Kier molecular flexibility index (Phi) is 9.35. The first-order valence-corrected chi connectivity index (χ1v) is 13.8. The molecule has 0 unspecified atom stereocenters. The second-order valence-corrected chi connectivity index (χ2v) is 10.4. The number of fused-ring (bicyclic) bond motifs is 1. The molecule has 1 aliphatic heterocycles. The number of nitrogens with zero attached hydrogens (tertiary/aromatic N) is 3. The first kappa shape index (κ1) is 30.5. The Labute approximate surface area is 249 Å². The number of benzene rings is 2. The summed E-state index contributed by atoms with van der Waals surface area (Å²) in [7, 11) is 1.63. The minimum absolute atomic E-state index is 0.0802. The minimum atomic E-state index is -4.63. The summed E-state index contributed by atoms with van der Waals surface area (Å²) >= 11 is 6.18. The molecule has 0 radical (unpaired) electrons. The molecule has 14 heteroatoms. The highest BCUT2D eigenvalue weighted by Gasteiger charge is 2.34. The Hall–Kier alpha value is -3.91. The van der Waals surface area contributed by atoms with Crippen LogP contribution >= 0.6 is 11.6 Å². The minimum Gasteiger partial charge on any atom is -0.456 e. The number of H-pyrrole nitrogens is 1. The number of pyridine rings is 1. The van der Waals surface area contributed by atoms with Crippen LogP contribution < -0.4 is 15.4 Å². The van der Waals surface area contributed by atoms with E-state index in [4.69, 9.17) is 21.1 Å². The lowest BCUT2D eigenvalue weighted by molar-refractivity contribution is -0.138. The SMILES string of the molecule is COCCN1CCN(Cc2ccc(NC(=O)Nc3ccc(Oc4ccnc5[nH]cc(Cl)c45)cc3F)cc2C(F)(F)F)CC1. The molecule has 0 aliphatic carbocycles. The van der Waals surface area contributed by atoms with Crippen molar-refractivity contribution in [1.29, 1.82) is 0 Å². The molecule has 1 saturated heterocycles. The first-order chi connectivity index (χ1) is 20.6. The highest BCUT2D eigenvalue weighted by atomic mass is 35.5. The summed E-state index contributed by atoms with van der Waals surface area (Å²) in [6.07, 6.45) is -1.57. The van der Waals surface area contributed by atoms with Crippen LogP contribution in [-0.4, -0.2) is 72.2 Å². The number of carbonyl (C=O) groups is 1. The number of carbonyl (C=O) groups excluding carboxylic acids is 1. The number of halogens is 5. The summed E-state index contributed by atoms with van der Waals surface area (Å²) in [4.78, 5) is 23.8. The number of alkyl halides is 3. The zero-order chi connectivity index (χ0) is 30.6. The summed E-state index contributed by atoms with van der Waals surface area (Å²) in [5, 5.41) is 5.59. The van der Waals surface area contributed by atoms with Crippen LogP contribution in [0.1, 0.15) is 11.1 Å². The van der Waals surface area contributed by atoms with Crippen LogP contribution in [0.2, 0.25) is 5.02 Å². The van der Waals surface area contributed by atoms with Gasteiger partial charge >= 0.3 is 12.2 Å². The molecule has 228 valence electrons. The number of urea groups is 1. The van der Waals surface area contributed by atoms with Crippen LogP contribution in [0.4, 0.5) is 33.7 Å². The zero-order valence-corrected chi connectivity index (χ0v) is 23.9. The van der Waals surface area contributed by atoms with E-state index in [2.05, 4.69) is 25.5 Å². The molecule has 1 aliphatic rings. The Bertz CT molecular complexity index is 1590. The lowest BCUT2D eigenvalue weighted by atomic mass is 10.0. The van der Waals surface area contributed by atoms with Gasteiger partial charge in [-0.05, 0) is 35.9 Å². The smallest absolute Gasteiger partial charge is 0.416 e. The van der Waals surface area contributed by atoms with E-state index in [0.717, 1.165) is 31.8 Å². The number of aromatic amines is 1. The molecule has 2 amide bonds. The molecule has 0 spiro atoms. The van der Waals surface area contributed by atoms with Gasteiger partial charge in [0.1, 0.15) is 23.0 Å². The van der Waals surface area contributed by atoms with Crippen LogP contribution in [0.25, 0.3) is 11.0 Å². The number of aromatic nitrogens is 2. The maximum Gasteiger partial charge on any atom is 0.416 e. The summed E-state index contributed by atoms with van der Waals surface area (Å²) in [5.74, 6) is -0.330. The molecule has 43 heavy (non-hydrogen) atoms. The fourth-order valence-corrected chi connectivity index (χ4v) is 5.07. The summed E-state index contributed by atoms with van der Waals surface area (Å²) in [6, 6.07) is 8.08. The molecule has 5 rings (SSSR count). The van der Waals surface area contributed by atoms with Crippen LogP contribution in [0.3, 0.4) is 0 Å². The summed E-state index contributed by atoms with van der Waals surface area (Å²) in [6.45, 7) is 4.25. The van der Waals surface area contributed by atoms with Gasteiger partial charge in [0.05, 0.1) is 28.3 Å². The standard InChI is InChI=1S/C29H29ClF4N6O3/c1-42-13-12-39-8-10-40(11-9-39)17-18-2-3-19(14-21(18)29(32,33)34)37-28(41)38-24-5-4-20(15-23(24)31)43-25-6-7-35-27-26(25)22(30)16-36-27/h2-7,14-16H,8-13,17H2,1H3,(H,35,36)(H2,37,38,41). The number of nitrogens with one attached hydrogen (secondary N) is 3. The van der Waals surface area contributed by atoms with E-state index in [1.807, 2.05) is 4.90 Å². The second-order valence-electron chi connectivity index (χ2n) is 9.97. The number of hydrogen-bond acceptors (Lipinski definition) is 6. The van der Waals surface area contributed by atoms with Crippen molar-refractivity contribution in [3.05, 3.63) is 76.8 Å². The van der Waals surface area contributed by atoms with Gasteiger partial charge in [0.25, 0.3) is 0 Å². The number of piperazine rings is 1. The van der Waals surface area contributed by atoms with Crippen molar-refractivity contribution >= 4 is 40.0 Å². The van der Waals surface area contributed by atoms with Gasteiger partial charge in [0, 0.05) is 70.5 Å². The average Bonchev–Trinajstić information content (AvgIpc) is 3.36. The van der Waals surface area contributed by atoms with Gasteiger partial charge in [-0.15, -0.1) is 0 Å². The fraction of sp³-hybridized carbons (Fsp3) is 0.310. The Morgan fingerprint density at radius 2 is 1.84 bits per heavy atom. The van der Waals surface area contributed by atoms with Gasteiger partial charge in [0.2, 0.25) is 0 Å². The Morgan fingerprint density at radius 1 is 1.07 bits per heavy atom. The lowest BCUT2D eigenvalue weighted by Crippen LogP contribution is -2.46. The van der Waals surface area contributed by atoms with E-state index in [-0.39, 0.29) is 29.2 Å². The molecule has 0 bridgehead atoms. The van der Waals surface area contributed by atoms with Gasteiger partial charge in [0.15, 0.2) is 0 Å². The quantitative estimate of drug-likeness (QED) is 0.183. The topological polar surface area (TPSA) is 94.8 Å². The number of amides is 2. The van der Waals surface area contributed by atoms with Crippen LogP contribution in [0.5, 0.6) is 11.5 Å². The van der Waals surface area contributed by atoms with Gasteiger partial charge < -0.3 is 25.1 Å². The maximum absolute atomic E-state index is 14.8. The normalized spacial score (nSPS) is 14.7. The largest absolute Gasteiger partial charge is 0.456 e. The second kappa shape index (κ2) is 13.2. The molecular weight excluding hydrogens is 592 g/mol. The zero-order valence-electron chi connectivity index (χ0n) is 23.1. The maximum atomic E-state index is 14.8. The van der Waals surface area contributed by atoms with Crippen molar-refractivity contribution < 1.29 is 31.8 Å². The third-order valence-corrected chi connectivity index (χ3v) is 7.35. The first-order valence-electron chi connectivity index (χ1n) is 13.4. The Balaban J connectivity index is 1.22. The average molecular weight is 621 g/mol. The highest BCUT2D eigenvalue weighted by molar-refractivity contribution is 6.36. The van der Waals surface area contributed by atoms with Crippen molar-refractivity contribution in [3.63, 3.8) is 0 Å². The van der Waals surface area contributed by atoms with E-state index in [9.17, 15) is 22.4 Å². The van der Waals surface area contributed by atoms with Crippen LogP contribution in [-0.2, 0) is 17.5 Å². The van der Waals surface area contributed by atoms with Gasteiger partial charge in [-0.2, -0.15) is 13.2 Å². The van der Waals surface area contributed by atoms with Crippen molar-refractivity contribution in [3.8, 4) is 11.5 Å². The van der Waals surface area contributed by atoms with Crippen molar-refractivity contribution in [1.82, 2.24) is 19.8 Å². The van der Waals surface area contributed by atoms with E-state index < -0.39 is 23.6 Å². The summed E-state index contributed by atoms with van der Waals surface area (Å²) < 4.78 is 67.6. The molecule has 0 saturated carbocycles. The predicted octanol–water partition coefficient (Wildman–Crippen LogP) is 6.57. The lowest BCUT2D eigenvalue weighted by Gasteiger charge is -2.35. The van der Waals surface area contributed by atoms with E-state index in [1.54, 1.807) is 19.4 Å². The van der Waals surface area contributed by atoms with E-state index >= 15 is 0 Å². The summed E-state index contributed by atoms with van der Waals surface area (Å²) in [5.41, 5.74) is -0.508. The number of methoxy groups -OCH3 is 1. The third-order valence-electron chi connectivity index (χ3n) is 7.05. The fourth-order valence-electron chi connectivity index (χ4n) is 4.83. The molecule has 4 aromatic rings. The van der Waals surface area contributed by atoms with E-state index in [0.29, 0.717) is 41.5 Å². The number of anilines is 2. The van der Waals surface area contributed by atoms with Crippen LogP contribution in [0.15, 0.2) is 54.9 Å². The van der Waals surface area contributed by atoms with Crippen LogP contribution in [0, 0.1) is 5.82 Å². The molecular formula is C29H29ClF4N6O3. The van der Waals surface area contributed by atoms with Crippen molar-refractivity contribution in [2.45, 2.75) is 12.7 Å². The van der Waals surface area contributed by atoms with Gasteiger partial charge in [-0.3, -0.25) is 9.80 Å². The van der Waals surface area contributed by atoms with Gasteiger partial charge in [-0.1, -0.05) is 17.7 Å². The Morgan fingerprint density at radius 3 is 2.56 bits per heavy atom. The molecule has 3 N–H and O–H groups in total. The molecule has 2 aromatic heterocycles. The predicted molar refractivity (Wildman–Crippen MR) is 155 cm³/mol. The monoisotopic (exact) mass is 620 g/mol. The molecule has 1 fully saturated rings. The number of ether oxygens (including phenoxy) is 2.